The lowest BCUT2D eigenvalue weighted by atomic mass is 9.98. The summed E-state index contributed by atoms with van der Waals surface area (Å²) in [6, 6.07) is 12.9. The molecule has 1 aromatic rings. The number of carbonyl (C=O) groups is 1. The van der Waals surface area contributed by atoms with Gasteiger partial charge in [-0.1, -0.05) is 30.3 Å². The lowest BCUT2D eigenvalue weighted by Gasteiger charge is -2.35. The fourth-order valence-corrected chi connectivity index (χ4v) is 3.52. The van der Waals surface area contributed by atoms with Crippen LogP contribution in [0.5, 0.6) is 0 Å². The van der Waals surface area contributed by atoms with Gasteiger partial charge in [-0.3, -0.25) is 9.69 Å². The average molecular weight is 340 g/mol. The van der Waals surface area contributed by atoms with Crippen LogP contribution in [0.25, 0.3) is 0 Å². The molecular weight excluding hydrogens is 312 g/mol. The molecule has 1 aliphatic carbocycles. The molecule has 2 fully saturated rings. The molecule has 2 aliphatic rings. The maximum atomic E-state index is 12.3. The Morgan fingerprint density at radius 1 is 1.20 bits per heavy atom. The molecule has 5 nitrogen and oxygen atoms in total. The molecule has 1 saturated carbocycles. The van der Waals surface area contributed by atoms with E-state index in [4.69, 9.17) is 0 Å². The molecule has 5 heteroatoms. The second kappa shape index (κ2) is 7.99. The van der Waals surface area contributed by atoms with Crippen molar-refractivity contribution in [2.75, 3.05) is 39.3 Å². The van der Waals surface area contributed by atoms with Crippen LogP contribution >= 0.6 is 0 Å². The summed E-state index contributed by atoms with van der Waals surface area (Å²) in [6.45, 7) is 7.14. The first kappa shape index (κ1) is 17.9. The van der Waals surface area contributed by atoms with Crippen molar-refractivity contribution >= 4 is 5.91 Å². The first-order chi connectivity index (χ1) is 12.1. The molecule has 1 atom stereocenters. The van der Waals surface area contributed by atoms with E-state index >= 15 is 0 Å². The predicted molar refractivity (Wildman–Crippen MR) is 97.9 cm³/mol. The van der Waals surface area contributed by atoms with Gasteiger partial charge in [-0.05, 0) is 37.7 Å². The van der Waals surface area contributed by atoms with Gasteiger partial charge in [0.1, 0.15) is 5.54 Å². The van der Waals surface area contributed by atoms with Crippen molar-refractivity contribution in [1.82, 2.24) is 15.1 Å². The molecule has 0 aromatic heterocycles. The van der Waals surface area contributed by atoms with E-state index in [0.29, 0.717) is 12.5 Å². The SMILES string of the molecule is CC(C#N)(NC(=O)CN1CCN(CCc2ccccc2)CC1)C1CC1. The molecule has 1 unspecified atom stereocenters. The Bertz CT molecular complexity index is 614. The Kier molecular flexibility index (Phi) is 5.72. The van der Waals surface area contributed by atoms with Gasteiger partial charge < -0.3 is 10.2 Å². The van der Waals surface area contributed by atoms with Gasteiger partial charge in [0.05, 0.1) is 12.6 Å². The van der Waals surface area contributed by atoms with Gasteiger partial charge in [0, 0.05) is 32.7 Å². The molecular formula is C20H28N4O. The second-order valence-electron chi connectivity index (χ2n) is 7.49. The minimum atomic E-state index is -0.686. The van der Waals surface area contributed by atoms with Crippen LogP contribution in [0, 0.1) is 17.2 Å². The van der Waals surface area contributed by atoms with Gasteiger partial charge in [-0.25, -0.2) is 0 Å². The van der Waals surface area contributed by atoms with Gasteiger partial charge in [-0.2, -0.15) is 5.26 Å². The maximum Gasteiger partial charge on any atom is 0.235 e. The van der Waals surface area contributed by atoms with Crippen molar-refractivity contribution in [2.24, 2.45) is 5.92 Å². The van der Waals surface area contributed by atoms with E-state index in [0.717, 1.165) is 52.0 Å². The van der Waals surface area contributed by atoms with E-state index in [-0.39, 0.29) is 5.91 Å². The minimum absolute atomic E-state index is 0.0197. The highest BCUT2D eigenvalue weighted by Crippen LogP contribution is 2.39. The third kappa shape index (κ3) is 5.04. The quantitative estimate of drug-likeness (QED) is 0.820. The lowest BCUT2D eigenvalue weighted by Crippen LogP contribution is -2.53. The largest absolute Gasteiger partial charge is 0.337 e. The minimum Gasteiger partial charge on any atom is -0.337 e. The second-order valence-corrected chi connectivity index (χ2v) is 7.49. The van der Waals surface area contributed by atoms with Gasteiger partial charge in [0.25, 0.3) is 0 Å². The van der Waals surface area contributed by atoms with Gasteiger partial charge in [0.2, 0.25) is 5.91 Å². The summed E-state index contributed by atoms with van der Waals surface area (Å²) in [5.41, 5.74) is 0.689. The number of nitrogens with zero attached hydrogens (tertiary/aromatic N) is 3. The molecule has 0 bridgehead atoms. The van der Waals surface area contributed by atoms with Crippen LogP contribution in [0.15, 0.2) is 30.3 Å². The number of rotatable bonds is 7. The molecule has 25 heavy (non-hydrogen) atoms. The molecule has 1 aromatic carbocycles. The summed E-state index contributed by atoms with van der Waals surface area (Å²) in [4.78, 5) is 16.9. The number of nitriles is 1. The molecule has 134 valence electrons. The van der Waals surface area contributed by atoms with Crippen LogP contribution in [0.4, 0.5) is 0 Å². The topological polar surface area (TPSA) is 59.4 Å². The van der Waals surface area contributed by atoms with Crippen molar-refractivity contribution in [1.29, 1.82) is 5.26 Å². The predicted octanol–water partition coefficient (Wildman–Crippen LogP) is 1.66. The number of hydrogen-bond acceptors (Lipinski definition) is 4. The van der Waals surface area contributed by atoms with E-state index in [1.807, 2.05) is 13.0 Å². The van der Waals surface area contributed by atoms with E-state index < -0.39 is 5.54 Å². The Morgan fingerprint density at radius 2 is 1.84 bits per heavy atom. The van der Waals surface area contributed by atoms with Gasteiger partial charge in [-0.15, -0.1) is 0 Å². The van der Waals surface area contributed by atoms with Crippen molar-refractivity contribution in [3.63, 3.8) is 0 Å². The normalized spacial score (nSPS) is 21.3. The van der Waals surface area contributed by atoms with Gasteiger partial charge in [0.15, 0.2) is 0 Å². The molecule has 1 amide bonds. The number of benzene rings is 1. The Labute approximate surface area is 150 Å². The highest BCUT2D eigenvalue weighted by atomic mass is 16.2. The molecule has 0 radical (unpaired) electrons. The molecule has 1 heterocycles. The summed E-state index contributed by atoms with van der Waals surface area (Å²) in [5.74, 6) is 0.310. The van der Waals surface area contributed by atoms with Crippen LogP contribution in [-0.4, -0.2) is 60.5 Å². The van der Waals surface area contributed by atoms with Crippen molar-refractivity contribution in [3.8, 4) is 6.07 Å². The summed E-state index contributed by atoms with van der Waals surface area (Å²) in [6.07, 6.45) is 3.16. The number of carbonyl (C=O) groups excluding carboxylic acids is 1. The van der Waals surface area contributed by atoms with E-state index in [1.54, 1.807) is 0 Å². The molecule has 1 saturated heterocycles. The highest BCUT2D eigenvalue weighted by Gasteiger charge is 2.43. The molecule has 0 spiro atoms. The Balaban J connectivity index is 1.37. The standard InChI is InChI=1S/C20H28N4O/c1-20(16-21,18-7-8-18)22-19(25)15-24-13-11-23(12-14-24)10-9-17-5-3-2-4-6-17/h2-6,18H,7-15H2,1H3,(H,22,25). The Morgan fingerprint density at radius 3 is 2.44 bits per heavy atom. The fourth-order valence-electron chi connectivity index (χ4n) is 3.52. The average Bonchev–Trinajstić information content (AvgIpc) is 3.47. The van der Waals surface area contributed by atoms with Crippen molar-refractivity contribution in [3.05, 3.63) is 35.9 Å². The van der Waals surface area contributed by atoms with Crippen LogP contribution in [-0.2, 0) is 11.2 Å². The van der Waals surface area contributed by atoms with E-state index in [1.165, 1.54) is 5.56 Å². The van der Waals surface area contributed by atoms with E-state index in [2.05, 4.69) is 45.5 Å². The first-order valence-electron chi connectivity index (χ1n) is 9.30. The third-order valence-electron chi connectivity index (χ3n) is 5.42. The summed E-state index contributed by atoms with van der Waals surface area (Å²) in [7, 11) is 0. The molecule has 1 N–H and O–H groups in total. The number of piperazine rings is 1. The van der Waals surface area contributed by atoms with Crippen LogP contribution in [0.1, 0.15) is 25.3 Å². The van der Waals surface area contributed by atoms with Crippen LogP contribution in [0.3, 0.4) is 0 Å². The zero-order valence-electron chi connectivity index (χ0n) is 15.1. The zero-order valence-corrected chi connectivity index (χ0v) is 15.1. The van der Waals surface area contributed by atoms with Gasteiger partial charge >= 0.3 is 0 Å². The Hall–Kier alpha value is -1.90. The lowest BCUT2D eigenvalue weighted by molar-refractivity contribution is -0.124. The zero-order chi connectivity index (χ0) is 17.7. The maximum absolute atomic E-state index is 12.3. The van der Waals surface area contributed by atoms with Crippen LogP contribution in [0.2, 0.25) is 0 Å². The number of hydrogen-bond donors (Lipinski definition) is 1. The van der Waals surface area contributed by atoms with Crippen LogP contribution < -0.4 is 5.32 Å². The van der Waals surface area contributed by atoms with E-state index in [9.17, 15) is 10.1 Å². The number of nitrogens with one attached hydrogen (secondary N) is 1. The summed E-state index contributed by atoms with van der Waals surface area (Å²) in [5, 5.41) is 12.3. The van der Waals surface area contributed by atoms with Crippen molar-refractivity contribution < 1.29 is 4.79 Å². The summed E-state index contributed by atoms with van der Waals surface area (Å²) >= 11 is 0. The summed E-state index contributed by atoms with van der Waals surface area (Å²) < 4.78 is 0. The van der Waals surface area contributed by atoms with Crippen molar-refractivity contribution in [2.45, 2.75) is 31.7 Å². The highest BCUT2D eigenvalue weighted by molar-refractivity contribution is 5.79. The third-order valence-corrected chi connectivity index (χ3v) is 5.42. The number of amides is 1. The molecule has 1 aliphatic heterocycles. The monoisotopic (exact) mass is 340 g/mol. The first-order valence-corrected chi connectivity index (χ1v) is 9.30. The fraction of sp³-hybridized carbons (Fsp3) is 0.600. The smallest absolute Gasteiger partial charge is 0.235 e. The molecule has 3 rings (SSSR count).